The number of carbonyl (C=O) groups is 1. The van der Waals surface area contributed by atoms with Gasteiger partial charge in [0.1, 0.15) is 17.1 Å². The number of methoxy groups -OCH3 is 1. The minimum Gasteiger partial charge on any atom is -0.478 e. The van der Waals surface area contributed by atoms with Gasteiger partial charge in [0.25, 0.3) is 0 Å². The van der Waals surface area contributed by atoms with Gasteiger partial charge in [0.15, 0.2) is 6.79 Å². The Kier molecular flexibility index (Phi) is 8.48. The lowest BCUT2D eigenvalue weighted by Crippen LogP contribution is -2.34. The summed E-state index contributed by atoms with van der Waals surface area (Å²) in [6.07, 6.45) is 0.820. The molecule has 0 aliphatic heterocycles. The number of carboxylic acid groups (broad SMARTS) is 1. The molecule has 2 aromatic rings. The summed E-state index contributed by atoms with van der Waals surface area (Å²) in [7, 11) is -3.04. The zero-order valence-electron chi connectivity index (χ0n) is 19.0. The molecule has 2 aromatic carbocycles. The highest BCUT2D eigenvalue weighted by Gasteiger charge is 2.46. The van der Waals surface area contributed by atoms with Crippen molar-refractivity contribution in [3.05, 3.63) is 58.1 Å². The van der Waals surface area contributed by atoms with Gasteiger partial charge < -0.3 is 29.1 Å². The van der Waals surface area contributed by atoms with Gasteiger partial charge in [-0.3, -0.25) is 4.57 Å². The maximum atomic E-state index is 12.1. The van der Waals surface area contributed by atoms with Gasteiger partial charge in [0.05, 0.1) is 0 Å². The third-order valence-corrected chi connectivity index (χ3v) is 7.39. The zero-order valence-corrected chi connectivity index (χ0v) is 19.9. The van der Waals surface area contributed by atoms with Gasteiger partial charge in [-0.1, -0.05) is 19.9 Å². The molecule has 0 saturated heterocycles. The van der Waals surface area contributed by atoms with Crippen LogP contribution in [0.1, 0.15) is 59.3 Å². The van der Waals surface area contributed by atoms with Crippen LogP contribution < -0.4 is 9.47 Å². The molecule has 0 fully saturated rings. The van der Waals surface area contributed by atoms with E-state index in [-0.39, 0.29) is 30.9 Å². The first-order valence-electron chi connectivity index (χ1n) is 10.3. The van der Waals surface area contributed by atoms with E-state index >= 15 is 0 Å². The Labute approximate surface area is 188 Å². The summed E-state index contributed by atoms with van der Waals surface area (Å²) in [6.45, 7) is 7.11. The van der Waals surface area contributed by atoms with Crippen LogP contribution in [0.25, 0.3) is 0 Å². The molecular weight excluding hydrogens is 435 g/mol. The molecule has 0 amide bonds. The van der Waals surface area contributed by atoms with Crippen molar-refractivity contribution in [1.29, 1.82) is 0 Å². The van der Waals surface area contributed by atoms with Crippen LogP contribution in [-0.2, 0) is 15.7 Å². The van der Waals surface area contributed by atoms with Crippen LogP contribution in [0.15, 0.2) is 30.3 Å². The summed E-state index contributed by atoms with van der Waals surface area (Å²) in [6, 6.07) is 8.49. The van der Waals surface area contributed by atoms with E-state index in [4.69, 9.17) is 14.2 Å². The first-order chi connectivity index (χ1) is 15.0. The molecule has 3 N–H and O–H groups in total. The second-order valence-electron chi connectivity index (χ2n) is 7.70. The fraction of sp³-hybridized carbons (Fsp3) is 0.435. The Morgan fingerprint density at radius 3 is 2.12 bits per heavy atom. The van der Waals surface area contributed by atoms with Gasteiger partial charge in [-0.2, -0.15) is 0 Å². The van der Waals surface area contributed by atoms with Gasteiger partial charge in [-0.25, -0.2) is 4.79 Å². The van der Waals surface area contributed by atoms with Crippen LogP contribution in [0.3, 0.4) is 0 Å². The van der Waals surface area contributed by atoms with Crippen LogP contribution >= 0.6 is 7.60 Å². The highest BCUT2D eigenvalue weighted by molar-refractivity contribution is 7.53. The van der Waals surface area contributed by atoms with Gasteiger partial charge in [-0.15, -0.1) is 0 Å². The summed E-state index contributed by atoms with van der Waals surface area (Å²) in [5.74, 6) is -0.471. The number of carboxylic acids is 1. The molecule has 2 rings (SSSR count). The van der Waals surface area contributed by atoms with Crippen molar-refractivity contribution in [2.45, 2.75) is 52.3 Å². The zero-order chi connectivity index (χ0) is 24.1. The number of benzene rings is 2. The number of rotatable bonds is 11. The lowest BCUT2D eigenvalue weighted by Gasteiger charge is -2.33. The van der Waals surface area contributed by atoms with Crippen LogP contribution in [0.5, 0.6) is 11.5 Å². The fourth-order valence-electron chi connectivity index (χ4n) is 3.68. The first-order valence-corrected chi connectivity index (χ1v) is 11.9. The van der Waals surface area contributed by atoms with Crippen molar-refractivity contribution < 1.29 is 38.5 Å². The molecule has 0 aliphatic carbocycles. The Morgan fingerprint density at radius 1 is 1.06 bits per heavy atom. The molecule has 0 aliphatic rings. The van der Waals surface area contributed by atoms with E-state index in [0.717, 1.165) is 22.3 Å². The van der Waals surface area contributed by atoms with Crippen molar-refractivity contribution in [1.82, 2.24) is 0 Å². The lowest BCUT2D eigenvalue weighted by atomic mass is 9.94. The third-order valence-electron chi connectivity index (χ3n) is 5.60. The minimum absolute atomic E-state index is 0.0483. The van der Waals surface area contributed by atoms with E-state index < -0.39 is 18.9 Å². The molecule has 0 saturated carbocycles. The summed E-state index contributed by atoms with van der Waals surface area (Å²) < 4.78 is 28.1. The molecule has 0 aromatic heterocycles. The molecular formula is C23H31O8P. The van der Waals surface area contributed by atoms with E-state index in [1.54, 1.807) is 44.2 Å². The van der Waals surface area contributed by atoms with E-state index in [2.05, 4.69) is 0 Å². The summed E-state index contributed by atoms with van der Waals surface area (Å²) in [5, 5.41) is 7.95. The van der Waals surface area contributed by atoms with Crippen molar-refractivity contribution in [3.8, 4) is 11.5 Å². The fourth-order valence-corrected chi connectivity index (χ4v) is 4.73. The van der Waals surface area contributed by atoms with Gasteiger partial charge in [0, 0.05) is 7.11 Å². The van der Waals surface area contributed by atoms with E-state index in [1.165, 1.54) is 7.11 Å². The van der Waals surface area contributed by atoms with Crippen LogP contribution in [0.4, 0.5) is 0 Å². The van der Waals surface area contributed by atoms with Gasteiger partial charge in [-0.05, 0) is 79.6 Å². The lowest BCUT2D eigenvalue weighted by molar-refractivity contribution is 0.0483. The predicted octanol–water partition coefficient (Wildman–Crippen LogP) is 4.65. The second kappa shape index (κ2) is 10.5. The molecule has 0 bridgehead atoms. The number of aromatic carboxylic acids is 1. The minimum atomic E-state index is -4.50. The summed E-state index contributed by atoms with van der Waals surface area (Å²) in [5.41, 5.74) is 3.58. The van der Waals surface area contributed by atoms with Gasteiger partial charge >= 0.3 is 13.6 Å². The Bertz CT molecular complexity index is 984. The quantitative estimate of drug-likeness (QED) is 0.323. The molecule has 32 heavy (non-hydrogen) atoms. The Balaban J connectivity index is 2.36. The molecule has 0 heterocycles. The van der Waals surface area contributed by atoms with Crippen molar-refractivity contribution in [2.24, 2.45) is 0 Å². The number of aryl methyl sites for hydroxylation is 2. The molecule has 9 heteroatoms. The molecule has 0 atom stereocenters. The van der Waals surface area contributed by atoms with E-state index in [1.807, 2.05) is 13.8 Å². The summed E-state index contributed by atoms with van der Waals surface area (Å²) in [4.78, 5) is 31.3. The smallest absolute Gasteiger partial charge is 0.368 e. The third kappa shape index (κ3) is 5.70. The predicted molar refractivity (Wildman–Crippen MR) is 121 cm³/mol. The van der Waals surface area contributed by atoms with Gasteiger partial charge in [0.2, 0.25) is 5.34 Å². The average molecular weight is 466 g/mol. The van der Waals surface area contributed by atoms with E-state index in [0.29, 0.717) is 12.2 Å². The Morgan fingerprint density at radius 2 is 1.66 bits per heavy atom. The largest absolute Gasteiger partial charge is 0.478 e. The SMILES string of the molecule is CCC(CC)(Oc1cc(C)c(Cc2ccc(OCOC)c(C(=O)O)c2)c(C)c1)P(=O)(O)O. The van der Waals surface area contributed by atoms with Crippen LogP contribution in [0, 0.1) is 13.8 Å². The highest BCUT2D eigenvalue weighted by Crippen LogP contribution is 2.55. The molecule has 8 nitrogen and oxygen atoms in total. The molecule has 0 radical (unpaired) electrons. The molecule has 0 unspecified atom stereocenters. The number of ether oxygens (including phenoxy) is 3. The first kappa shape index (κ1) is 25.9. The Hall–Kier alpha value is -2.38. The maximum absolute atomic E-state index is 12.1. The monoisotopic (exact) mass is 466 g/mol. The summed E-state index contributed by atoms with van der Waals surface area (Å²) >= 11 is 0. The number of hydrogen-bond acceptors (Lipinski definition) is 5. The maximum Gasteiger partial charge on any atom is 0.368 e. The van der Waals surface area contributed by atoms with E-state index in [9.17, 15) is 24.3 Å². The normalized spacial score (nSPS) is 12.0. The average Bonchev–Trinajstić information content (AvgIpc) is 2.72. The topological polar surface area (TPSA) is 123 Å². The van der Waals surface area contributed by atoms with Crippen LogP contribution in [-0.4, -0.2) is 40.1 Å². The van der Waals surface area contributed by atoms with Crippen molar-refractivity contribution in [2.75, 3.05) is 13.9 Å². The van der Waals surface area contributed by atoms with Crippen molar-refractivity contribution in [3.63, 3.8) is 0 Å². The molecule has 0 spiro atoms. The second-order valence-corrected chi connectivity index (χ2v) is 9.60. The molecule has 176 valence electrons. The standard InChI is InChI=1S/C23H31O8P/c1-6-23(7-2,32(26,27)28)31-18-10-15(3)19(16(4)11-18)12-17-8-9-21(30-14-29-5)20(13-17)22(24)25/h8-11,13H,6-7,12,14H2,1-5H3,(H,24,25)(H2,26,27,28). The van der Waals surface area contributed by atoms with Crippen LogP contribution in [0.2, 0.25) is 0 Å². The van der Waals surface area contributed by atoms with Crippen molar-refractivity contribution >= 4 is 13.6 Å². The number of hydrogen-bond donors (Lipinski definition) is 3. The highest BCUT2D eigenvalue weighted by atomic mass is 31.2.